The van der Waals surface area contributed by atoms with Crippen molar-refractivity contribution in [3.05, 3.63) is 18.0 Å². The van der Waals surface area contributed by atoms with Gasteiger partial charge in [0, 0.05) is 31.6 Å². The van der Waals surface area contributed by atoms with E-state index >= 15 is 0 Å². The molecule has 0 aliphatic rings. The second-order valence-corrected chi connectivity index (χ2v) is 3.80. The van der Waals surface area contributed by atoms with Crippen LogP contribution in [0.5, 0.6) is 0 Å². The van der Waals surface area contributed by atoms with Gasteiger partial charge in [0.2, 0.25) is 11.9 Å². The molecule has 1 heterocycles. The number of carbonyl (C=O) groups excluding carboxylic acids is 1. The van der Waals surface area contributed by atoms with Crippen molar-refractivity contribution in [2.24, 2.45) is 0 Å². The molecular weight excluding hydrogens is 220 g/mol. The van der Waals surface area contributed by atoms with E-state index in [1.165, 1.54) is 7.11 Å². The van der Waals surface area contributed by atoms with Gasteiger partial charge in [-0.2, -0.15) is 0 Å². The van der Waals surface area contributed by atoms with Crippen molar-refractivity contribution in [3.8, 4) is 0 Å². The first kappa shape index (κ1) is 13.4. The summed E-state index contributed by atoms with van der Waals surface area (Å²) < 4.78 is 4.71. The van der Waals surface area contributed by atoms with Crippen LogP contribution in [0.4, 0.5) is 5.95 Å². The van der Waals surface area contributed by atoms with E-state index in [2.05, 4.69) is 20.6 Å². The first-order valence-corrected chi connectivity index (χ1v) is 5.43. The fraction of sp³-hybridized carbons (Fsp3) is 0.545. The maximum absolute atomic E-state index is 11.2. The van der Waals surface area contributed by atoms with Crippen molar-refractivity contribution in [2.45, 2.75) is 19.9 Å². The fourth-order valence-corrected chi connectivity index (χ4v) is 1.24. The van der Waals surface area contributed by atoms with Crippen molar-refractivity contribution >= 4 is 11.9 Å². The van der Waals surface area contributed by atoms with E-state index in [0.717, 1.165) is 5.69 Å². The summed E-state index contributed by atoms with van der Waals surface area (Å²) in [6.07, 6.45) is 1.70. The Morgan fingerprint density at radius 2 is 2.35 bits per heavy atom. The Labute approximate surface area is 101 Å². The van der Waals surface area contributed by atoms with Crippen LogP contribution in [0.3, 0.4) is 0 Å². The van der Waals surface area contributed by atoms with Crippen LogP contribution in [-0.4, -0.2) is 42.2 Å². The summed E-state index contributed by atoms with van der Waals surface area (Å²) in [5, 5.41) is 5.84. The number of hydrogen-bond donors (Lipinski definition) is 2. The van der Waals surface area contributed by atoms with Crippen LogP contribution in [0.1, 0.15) is 12.6 Å². The molecule has 0 fully saturated rings. The molecule has 1 amide bonds. The van der Waals surface area contributed by atoms with Gasteiger partial charge in [0.15, 0.2) is 0 Å². The van der Waals surface area contributed by atoms with Crippen LogP contribution in [0, 0.1) is 6.92 Å². The Morgan fingerprint density at radius 1 is 1.59 bits per heavy atom. The minimum Gasteiger partial charge on any atom is -0.375 e. The van der Waals surface area contributed by atoms with Gasteiger partial charge in [0.25, 0.3) is 0 Å². The Balaban J connectivity index is 2.34. The number of rotatable bonds is 6. The van der Waals surface area contributed by atoms with Crippen molar-refractivity contribution in [1.82, 2.24) is 15.3 Å². The number of ether oxygens (including phenoxy) is 1. The molecular formula is C11H18N4O2. The van der Waals surface area contributed by atoms with Gasteiger partial charge in [-0.15, -0.1) is 0 Å². The molecule has 6 nitrogen and oxygen atoms in total. The topological polar surface area (TPSA) is 76.1 Å². The molecule has 1 aromatic heterocycles. The third-order valence-electron chi connectivity index (χ3n) is 2.05. The normalized spacial score (nSPS) is 11.9. The summed E-state index contributed by atoms with van der Waals surface area (Å²) in [6.45, 7) is 4.42. The van der Waals surface area contributed by atoms with E-state index < -0.39 is 0 Å². The maximum Gasteiger partial charge on any atom is 0.246 e. The summed E-state index contributed by atoms with van der Waals surface area (Å²) in [6, 6.07) is 1.88. The average molecular weight is 238 g/mol. The molecule has 1 rings (SSSR count). The number of aromatic nitrogens is 2. The van der Waals surface area contributed by atoms with E-state index in [1.54, 1.807) is 6.20 Å². The third kappa shape index (κ3) is 5.26. The van der Waals surface area contributed by atoms with Crippen molar-refractivity contribution in [2.75, 3.05) is 25.6 Å². The molecule has 0 unspecified atom stereocenters. The summed E-state index contributed by atoms with van der Waals surface area (Å²) in [7, 11) is 1.49. The maximum atomic E-state index is 11.2. The number of carbonyl (C=O) groups is 1. The Morgan fingerprint density at radius 3 is 3.00 bits per heavy atom. The highest BCUT2D eigenvalue weighted by atomic mass is 16.5. The molecule has 0 saturated heterocycles. The van der Waals surface area contributed by atoms with Crippen LogP contribution in [0.25, 0.3) is 0 Å². The highest BCUT2D eigenvalue weighted by Crippen LogP contribution is 2.00. The number of nitrogens with zero attached hydrogens (tertiary/aromatic N) is 2. The number of hydrogen-bond acceptors (Lipinski definition) is 5. The van der Waals surface area contributed by atoms with Gasteiger partial charge < -0.3 is 15.4 Å². The third-order valence-corrected chi connectivity index (χ3v) is 2.05. The highest BCUT2D eigenvalue weighted by molar-refractivity contribution is 5.77. The zero-order valence-corrected chi connectivity index (χ0v) is 10.4. The molecule has 0 aromatic carbocycles. The first-order valence-electron chi connectivity index (χ1n) is 5.43. The molecule has 0 saturated carbocycles. The van der Waals surface area contributed by atoms with Crippen molar-refractivity contribution in [1.29, 1.82) is 0 Å². The predicted octanol–water partition coefficient (Wildman–Crippen LogP) is 0.348. The summed E-state index contributed by atoms with van der Waals surface area (Å²) in [5.41, 5.74) is 0.901. The molecule has 0 aliphatic carbocycles. The van der Waals surface area contributed by atoms with Crippen LogP contribution in [-0.2, 0) is 9.53 Å². The minimum absolute atomic E-state index is 0.0533. The molecule has 6 heteroatoms. The standard InChI is InChI=1S/C11H18N4O2/c1-8-4-5-12-11(14-8)15-9(2)6-13-10(16)7-17-3/h4-5,9H,6-7H2,1-3H3,(H,13,16)(H,12,14,15)/t9-/m1/s1. The zero-order chi connectivity index (χ0) is 12.7. The number of anilines is 1. The Hall–Kier alpha value is -1.69. The lowest BCUT2D eigenvalue weighted by Gasteiger charge is -2.14. The second-order valence-electron chi connectivity index (χ2n) is 3.80. The second kappa shape index (κ2) is 6.80. The van der Waals surface area contributed by atoms with Crippen molar-refractivity contribution in [3.63, 3.8) is 0 Å². The molecule has 1 aromatic rings. The smallest absolute Gasteiger partial charge is 0.246 e. The minimum atomic E-state index is -0.133. The molecule has 0 spiro atoms. The molecule has 2 N–H and O–H groups in total. The highest BCUT2D eigenvalue weighted by Gasteiger charge is 2.06. The predicted molar refractivity (Wildman–Crippen MR) is 64.7 cm³/mol. The number of methoxy groups -OCH3 is 1. The average Bonchev–Trinajstić information content (AvgIpc) is 2.27. The summed E-state index contributed by atoms with van der Waals surface area (Å²) in [5.74, 6) is 0.435. The van der Waals surface area contributed by atoms with E-state index in [-0.39, 0.29) is 18.6 Å². The lowest BCUT2D eigenvalue weighted by molar-refractivity contribution is -0.124. The quantitative estimate of drug-likeness (QED) is 0.747. The molecule has 0 bridgehead atoms. The number of amides is 1. The molecule has 0 aliphatic heterocycles. The van der Waals surface area contributed by atoms with Crippen LogP contribution < -0.4 is 10.6 Å². The monoisotopic (exact) mass is 238 g/mol. The van der Waals surface area contributed by atoms with Gasteiger partial charge in [-0.05, 0) is 19.9 Å². The van der Waals surface area contributed by atoms with Crippen molar-refractivity contribution < 1.29 is 9.53 Å². The van der Waals surface area contributed by atoms with Gasteiger partial charge in [-0.25, -0.2) is 9.97 Å². The fourth-order valence-electron chi connectivity index (χ4n) is 1.24. The summed E-state index contributed by atoms with van der Waals surface area (Å²) in [4.78, 5) is 19.5. The van der Waals surface area contributed by atoms with Crippen LogP contribution >= 0.6 is 0 Å². The molecule has 17 heavy (non-hydrogen) atoms. The largest absolute Gasteiger partial charge is 0.375 e. The van der Waals surface area contributed by atoms with Gasteiger partial charge in [0.1, 0.15) is 6.61 Å². The van der Waals surface area contributed by atoms with E-state index in [0.29, 0.717) is 12.5 Å². The molecule has 1 atom stereocenters. The lowest BCUT2D eigenvalue weighted by atomic mass is 10.3. The van der Waals surface area contributed by atoms with Gasteiger partial charge in [-0.1, -0.05) is 0 Å². The zero-order valence-electron chi connectivity index (χ0n) is 10.4. The number of aryl methyl sites for hydroxylation is 1. The summed E-state index contributed by atoms with van der Waals surface area (Å²) >= 11 is 0. The van der Waals surface area contributed by atoms with E-state index in [4.69, 9.17) is 4.74 Å². The Kier molecular flexibility index (Phi) is 5.35. The van der Waals surface area contributed by atoms with Gasteiger partial charge in [0.05, 0.1) is 0 Å². The van der Waals surface area contributed by atoms with Gasteiger partial charge in [-0.3, -0.25) is 4.79 Å². The first-order chi connectivity index (χ1) is 8.11. The van der Waals surface area contributed by atoms with Crippen LogP contribution in [0.2, 0.25) is 0 Å². The lowest BCUT2D eigenvalue weighted by Crippen LogP contribution is -2.36. The van der Waals surface area contributed by atoms with Gasteiger partial charge >= 0.3 is 0 Å². The SMILES string of the molecule is COCC(=O)NC[C@@H](C)Nc1nccc(C)n1. The number of nitrogens with one attached hydrogen (secondary N) is 2. The van der Waals surface area contributed by atoms with E-state index in [9.17, 15) is 4.79 Å². The molecule has 0 radical (unpaired) electrons. The molecule has 94 valence electrons. The van der Waals surface area contributed by atoms with E-state index in [1.807, 2.05) is 19.9 Å². The van der Waals surface area contributed by atoms with Crippen LogP contribution in [0.15, 0.2) is 12.3 Å². The Bertz CT molecular complexity index is 370.